The van der Waals surface area contributed by atoms with E-state index in [-0.39, 0.29) is 23.4 Å². The highest BCUT2D eigenvalue weighted by Crippen LogP contribution is 2.33. The van der Waals surface area contributed by atoms with Gasteiger partial charge in [0.15, 0.2) is 0 Å². The molecular formula is C17H23NO3S. The lowest BCUT2D eigenvalue weighted by atomic mass is 10.1. The fraction of sp³-hybridized carbons (Fsp3) is 0.529. The Labute approximate surface area is 136 Å². The number of hydrogen-bond donors (Lipinski definition) is 0. The first-order chi connectivity index (χ1) is 10.5. The highest BCUT2D eigenvalue weighted by molar-refractivity contribution is 8.00. The molecule has 0 bridgehead atoms. The Balaban J connectivity index is 2.00. The monoisotopic (exact) mass is 321 g/mol. The van der Waals surface area contributed by atoms with Crippen LogP contribution >= 0.6 is 11.8 Å². The van der Waals surface area contributed by atoms with Gasteiger partial charge in [0.2, 0.25) is 5.91 Å². The maximum Gasteiger partial charge on any atom is 0.330 e. The molecule has 4 nitrogen and oxygen atoms in total. The molecule has 1 fully saturated rings. The molecule has 0 saturated carbocycles. The summed E-state index contributed by atoms with van der Waals surface area (Å²) in [5.74, 6) is 0.263. The predicted octanol–water partition coefficient (Wildman–Crippen LogP) is 2.86. The second-order valence-corrected chi connectivity index (χ2v) is 6.95. The van der Waals surface area contributed by atoms with Gasteiger partial charge >= 0.3 is 5.97 Å². The van der Waals surface area contributed by atoms with E-state index in [0.29, 0.717) is 5.75 Å². The van der Waals surface area contributed by atoms with E-state index < -0.39 is 6.04 Å². The molecule has 2 unspecified atom stereocenters. The lowest BCUT2D eigenvalue weighted by Crippen LogP contribution is -2.45. The molecular weight excluding hydrogens is 298 g/mol. The van der Waals surface area contributed by atoms with Crippen LogP contribution in [0.15, 0.2) is 30.3 Å². The molecule has 1 heterocycles. The number of hydrogen-bond acceptors (Lipinski definition) is 4. The molecule has 0 radical (unpaired) electrons. The van der Waals surface area contributed by atoms with Gasteiger partial charge in [0.05, 0.1) is 11.5 Å². The van der Waals surface area contributed by atoms with Crippen molar-refractivity contribution in [2.75, 3.05) is 5.75 Å². The van der Waals surface area contributed by atoms with Crippen LogP contribution in [-0.4, -0.2) is 40.0 Å². The molecule has 2 rings (SSSR count). The molecule has 1 amide bonds. The SMILES string of the molecule is CC(=O)N1C(CCc2ccccc2)SCC1C(=O)OC(C)C. The maximum absolute atomic E-state index is 12.2. The van der Waals surface area contributed by atoms with E-state index in [1.165, 1.54) is 12.5 Å². The van der Waals surface area contributed by atoms with E-state index in [0.717, 1.165) is 12.8 Å². The number of amides is 1. The maximum atomic E-state index is 12.2. The number of benzene rings is 1. The Hall–Kier alpha value is -1.49. The van der Waals surface area contributed by atoms with Gasteiger partial charge in [-0.1, -0.05) is 30.3 Å². The quantitative estimate of drug-likeness (QED) is 0.782. The van der Waals surface area contributed by atoms with Crippen LogP contribution in [-0.2, 0) is 20.7 Å². The zero-order valence-corrected chi connectivity index (χ0v) is 14.1. The van der Waals surface area contributed by atoms with E-state index in [1.54, 1.807) is 16.7 Å². The van der Waals surface area contributed by atoms with Crippen molar-refractivity contribution in [1.29, 1.82) is 0 Å². The van der Waals surface area contributed by atoms with Crippen LogP contribution in [0.1, 0.15) is 32.8 Å². The average Bonchev–Trinajstić information content (AvgIpc) is 2.89. The summed E-state index contributed by atoms with van der Waals surface area (Å²) in [6, 6.07) is 9.74. The summed E-state index contributed by atoms with van der Waals surface area (Å²) >= 11 is 1.67. The van der Waals surface area contributed by atoms with E-state index in [2.05, 4.69) is 12.1 Å². The van der Waals surface area contributed by atoms with Crippen molar-refractivity contribution in [3.63, 3.8) is 0 Å². The van der Waals surface area contributed by atoms with Crippen LogP contribution in [0.2, 0.25) is 0 Å². The van der Waals surface area contributed by atoms with Crippen molar-refractivity contribution in [3.8, 4) is 0 Å². The smallest absolute Gasteiger partial charge is 0.330 e. The molecule has 1 aliphatic rings. The number of rotatable bonds is 5. The highest BCUT2D eigenvalue weighted by Gasteiger charge is 2.40. The summed E-state index contributed by atoms with van der Waals surface area (Å²) in [6.07, 6.45) is 1.59. The molecule has 0 aromatic heterocycles. The molecule has 0 N–H and O–H groups in total. The molecule has 2 atom stereocenters. The molecule has 0 spiro atoms. The van der Waals surface area contributed by atoms with Crippen LogP contribution < -0.4 is 0 Å². The number of carbonyl (C=O) groups excluding carboxylic acids is 2. The van der Waals surface area contributed by atoms with Crippen molar-refractivity contribution in [2.24, 2.45) is 0 Å². The van der Waals surface area contributed by atoms with Crippen LogP contribution in [0.25, 0.3) is 0 Å². The van der Waals surface area contributed by atoms with Gasteiger partial charge in [-0.15, -0.1) is 11.8 Å². The largest absolute Gasteiger partial charge is 0.461 e. The Kier molecular flexibility index (Phi) is 5.89. The third-order valence-corrected chi connectivity index (χ3v) is 4.96. The number of esters is 1. The molecule has 1 aliphatic heterocycles. The number of thioether (sulfide) groups is 1. The van der Waals surface area contributed by atoms with Gasteiger partial charge in [-0.05, 0) is 32.3 Å². The number of aryl methyl sites for hydroxylation is 1. The van der Waals surface area contributed by atoms with Crippen molar-refractivity contribution in [1.82, 2.24) is 4.90 Å². The van der Waals surface area contributed by atoms with E-state index in [9.17, 15) is 9.59 Å². The first-order valence-corrected chi connectivity index (χ1v) is 8.69. The third-order valence-electron chi connectivity index (χ3n) is 3.60. The zero-order chi connectivity index (χ0) is 16.1. The van der Waals surface area contributed by atoms with Gasteiger partial charge in [0, 0.05) is 12.7 Å². The topological polar surface area (TPSA) is 46.6 Å². The second kappa shape index (κ2) is 7.68. The lowest BCUT2D eigenvalue weighted by molar-refractivity contribution is -0.156. The Morgan fingerprint density at radius 2 is 2.00 bits per heavy atom. The van der Waals surface area contributed by atoms with Gasteiger partial charge in [-0.3, -0.25) is 4.79 Å². The second-order valence-electron chi connectivity index (χ2n) is 5.74. The zero-order valence-electron chi connectivity index (χ0n) is 13.3. The van der Waals surface area contributed by atoms with E-state index >= 15 is 0 Å². The van der Waals surface area contributed by atoms with Gasteiger partial charge in [0.25, 0.3) is 0 Å². The highest BCUT2D eigenvalue weighted by atomic mass is 32.2. The van der Waals surface area contributed by atoms with E-state index in [4.69, 9.17) is 4.74 Å². The van der Waals surface area contributed by atoms with Gasteiger partial charge < -0.3 is 9.64 Å². The lowest BCUT2D eigenvalue weighted by Gasteiger charge is -2.27. The third kappa shape index (κ3) is 4.26. The summed E-state index contributed by atoms with van der Waals surface area (Å²) in [4.78, 5) is 25.8. The minimum absolute atomic E-state index is 0.0439. The van der Waals surface area contributed by atoms with E-state index in [1.807, 2.05) is 32.0 Å². The van der Waals surface area contributed by atoms with Gasteiger partial charge in [-0.2, -0.15) is 0 Å². The van der Waals surface area contributed by atoms with Crippen LogP contribution in [0.3, 0.4) is 0 Å². The fourth-order valence-electron chi connectivity index (χ4n) is 2.64. The van der Waals surface area contributed by atoms with Crippen LogP contribution in [0, 0.1) is 0 Å². The summed E-state index contributed by atoms with van der Waals surface area (Å²) in [7, 11) is 0. The summed E-state index contributed by atoms with van der Waals surface area (Å²) < 4.78 is 5.28. The molecule has 1 saturated heterocycles. The first-order valence-electron chi connectivity index (χ1n) is 7.64. The van der Waals surface area contributed by atoms with Crippen molar-refractivity contribution in [3.05, 3.63) is 35.9 Å². The van der Waals surface area contributed by atoms with Crippen LogP contribution in [0.4, 0.5) is 0 Å². The molecule has 1 aromatic rings. The van der Waals surface area contributed by atoms with Crippen LogP contribution in [0.5, 0.6) is 0 Å². The normalized spacial score (nSPS) is 21.2. The fourth-order valence-corrected chi connectivity index (χ4v) is 4.08. The summed E-state index contributed by atoms with van der Waals surface area (Å²) in [5.41, 5.74) is 1.25. The van der Waals surface area contributed by atoms with Crippen molar-refractivity contribution < 1.29 is 14.3 Å². The Morgan fingerprint density at radius 3 is 2.59 bits per heavy atom. The Bertz CT molecular complexity index is 518. The average molecular weight is 321 g/mol. The minimum Gasteiger partial charge on any atom is -0.461 e. The number of ether oxygens (including phenoxy) is 1. The Morgan fingerprint density at radius 1 is 1.32 bits per heavy atom. The predicted molar refractivity (Wildman–Crippen MR) is 88.5 cm³/mol. The van der Waals surface area contributed by atoms with Crippen molar-refractivity contribution in [2.45, 2.75) is 51.1 Å². The first kappa shape index (κ1) is 16.9. The minimum atomic E-state index is -0.453. The molecule has 0 aliphatic carbocycles. The van der Waals surface area contributed by atoms with Crippen molar-refractivity contribution >= 4 is 23.6 Å². The number of carbonyl (C=O) groups is 2. The number of nitrogens with zero attached hydrogens (tertiary/aromatic N) is 1. The molecule has 120 valence electrons. The molecule has 5 heteroatoms. The standard InChI is InChI=1S/C17H23NO3S/c1-12(2)21-17(20)15-11-22-16(18(15)13(3)19)10-9-14-7-5-4-6-8-14/h4-8,12,15-16H,9-11H2,1-3H3. The van der Waals surface area contributed by atoms with Gasteiger partial charge in [0.1, 0.15) is 6.04 Å². The summed E-state index contributed by atoms with van der Waals surface area (Å²) in [5, 5.41) is 0.0439. The summed E-state index contributed by atoms with van der Waals surface area (Å²) in [6.45, 7) is 5.17. The van der Waals surface area contributed by atoms with Gasteiger partial charge in [-0.25, -0.2) is 4.79 Å². The molecule has 1 aromatic carbocycles. The molecule has 22 heavy (non-hydrogen) atoms.